The molecule has 0 saturated carbocycles. The largest absolute Gasteiger partial charge is 0.392 e. The number of fused-ring (bicyclic) bond motifs is 1. The number of thiophene rings is 1. The van der Waals surface area contributed by atoms with Gasteiger partial charge in [-0.25, -0.2) is 9.37 Å². The number of hydrogen-bond donors (Lipinski definition) is 2. The van der Waals surface area contributed by atoms with E-state index in [0.29, 0.717) is 18.6 Å². The Bertz CT molecular complexity index is 772. The van der Waals surface area contributed by atoms with Crippen molar-refractivity contribution in [2.45, 2.75) is 19.6 Å². The van der Waals surface area contributed by atoms with Gasteiger partial charge in [-0.1, -0.05) is 0 Å². The maximum atomic E-state index is 13.4. The average Bonchev–Trinajstić information content (AvgIpc) is 3.00. The van der Waals surface area contributed by atoms with Gasteiger partial charge in [0.2, 0.25) is 0 Å². The van der Waals surface area contributed by atoms with Gasteiger partial charge in [-0.05, 0) is 42.1 Å². The molecule has 2 heterocycles. The Labute approximate surface area is 132 Å². The Balaban J connectivity index is 2.03. The fourth-order valence-corrected chi connectivity index (χ4v) is 3.02. The fraction of sp³-hybridized carbons (Fsp3) is 0.235. The van der Waals surface area contributed by atoms with Crippen LogP contribution in [0.25, 0.3) is 22.2 Å². The average molecular weight is 316 g/mol. The maximum Gasteiger partial charge on any atom is 0.125 e. The van der Waals surface area contributed by atoms with E-state index in [1.54, 1.807) is 24.3 Å². The molecular weight excluding hydrogens is 299 g/mol. The summed E-state index contributed by atoms with van der Waals surface area (Å²) in [5.74, 6) is -0.281. The number of nitrogens with zero attached hydrogens (tertiary/aromatic N) is 1. The van der Waals surface area contributed by atoms with Gasteiger partial charge in [-0.15, -0.1) is 0 Å². The van der Waals surface area contributed by atoms with Gasteiger partial charge in [0.05, 0.1) is 17.3 Å². The second-order valence-corrected chi connectivity index (χ2v) is 6.11. The van der Waals surface area contributed by atoms with E-state index in [2.05, 4.69) is 10.3 Å². The predicted octanol–water partition coefficient (Wildman–Crippen LogP) is 3.57. The number of aliphatic hydroxyl groups excluding tert-OH is 1. The van der Waals surface area contributed by atoms with Crippen LogP contribution < -0.4 is 5.32 Å². The summed E-state index contributed by atoms with van der Waals surface area (Å²) in [4.78, 5) is 4.64. The zero-order valence-electron chi connectivity index (χ0n) is 12.2. The molecule has 3 rings (SSSR count). The molecule has 0 spiro atoms. The van der Waals surface area contributed by atoms with E-state index in [4.69, 9.17) is 0 Å². The van der Waals surface area contributed by atoms with E-state index >= 15 is 0 Å². The Hall–Kier alpha value is -1.82. The van der Waals surface area contributed by atoms with Crippen LogP contribution in [-0.2, 0) is 6.54 Å². The number of hydrogen-bond acceptors (Lipinski definition) is 4. The lowest BCUT2D eigenvalue weighted by Crippen LogP contribution is -2.24. The highest BCUT2D eigenvalue weighted by Crippen LogP contribution is 2.27. The van der Waals surface area contributed by atoms with E-state index in [9.17, 15) is 9.50 Å². The smallest absolute Gasteiger partial charge is 0.125 e. The molecule has 114 valence electrons. The zero-order valence-corrected chi connectivity index (χ0v) is 13.0. The van der Waals surface area contributed by atoms with Gasteiger partial charge in [0.25, 0.3) is 0 Å². The van der Waals surface area contributed by atoms with Gasteiger partial charge < -0.3 is 10.4 Å². The van der Waals surface area contributed by atoms with Gasteiger partial charge in [0.1, 0.15) is 5.82 Å². The van der Waals surface area contributed by atoms with Crippen LogP contribution in [0.15, 0.2) is 41.1 Å². The summed E-state index contributed by atoms with van der Waals surface area (Å²) < 4.78 is 13.4. The first kappa shape index (κ1) is 15.1. The van der Waals surface area contributed by atoms with Crippen LogP contribution in [0, 0.1) is 5.82 Å². The summed E-state index contributed by atoms with van der Waals surface area (Å²) in [6.45, 7) is 2.87. The lowest BCUT2D eigenvalue weighted by molar-refractivity contribution is 0.191. The summed E-state index contributed by atoms with van der Waals surface area (Å²) in [5.41, 5.74) is 3.58. The Morgan fingerprint density at radius 3 is 2.91 bits per heavy atom. The van der Waals surface area contributed by atoms with Crippen molar-refractivity contribution in [1.82, 2.24) is 10.3 Å². The van der Waals surface area contributed by atoms with E-state index in [-0.39, 0.29) is 5.82 Å². The van der Waals surface area contributed by atoms with E-state index in [1.165, 1.54) is 12.1 Å². The molecule has 0 aliphatic carbocycles. The van der Waals surface area contributed by atoms with Gasteiger partial charge in [0.15, 0.2) is 0 Å². The third-order valence-corrected chi connectivity index (χ3v) is 4.09. The van der Waals surface area contributed by atoms with Crippen molar-refractivity contribution in [3.05, 3.63) is 52.5 Å². The first-order chi connectivity index (χ1) is 10.6. The van der Waals surface area contributed by atoms with Crippen LogP contribution in [0.4, 0.5) is 4.39 Å². The summed E-state index contributed by atoms with van der Waals surface area (Å²) in [6, 6.07) is 8.69. The second-order valence-electron chi connectivity index (χ2n) is 5.33. The molecule has 0 fully saturated rings. The van der Waals surface area contributed by atoms with E-state index in [0.717, 1.165) is 22.2 Å². The highest BCUT2D eigenvalue weighted by Gasteiger charge is 2.10. The molecule has 0 bridgehead atoms. The molecule has 2 N–H and O–H groups in total. The molecule has 2 aromatic heterocycles. The number of pyridine rings is 1. The molecule has 0 aliphatic heterocycles. The van der Waals surface area contributed by atoms with Crippen LogP contribution >= 0.6 is 11.3 Å². The van der Waals surface area contributed by atoms with Crippen molar-refractivity contribution in [2.75, 3.05) is 6.54 Å². The standard InChI is InChI=1S/C17H17FN2OS/c1-11(21)8-19-9-14-6-12-2-3-15(18)7-16(12)20-17(14)13-4-5-22-10-13/h2-7,10-11,19,21H,8-9H2,1H3. The topological polar surface area (TPSA) is 45.1 Å². The monoisotopic (exact) mass is 316 g/mol. The number of aliphatic hydroxyl groups is 1. The second kappa shape index (κ2) is 6.52. The number of halogens is 1. The quantitative estimate of drug-likeness (QED) is 0.756. The highest BCUT2D eigenvalue weighted by atomic mass is 32.1. The number of nitrogens with one attached hydrogen (secondary N) is 1. The Morgan fingerprint density at radius 1 is 1.32 bits per heavy atom. The first-order valence-electron chi connectivity index (χ1n) is 7.14. The van der Waals surface area contributed by atoms with Gasteiger partial charge in [-0.2, -0.15) is 11.3 Å². The lowest BCUT2D eigenvalue weighted by atomic mass is 10.1. The zero-order chi connectivity index (χ0) is 15.5. The molecule has 3 nitrogen and oxygen atoms in total. The number of benzene rings is 1. The maximum absolute atomic E-state index is 13.4. The first-order valence-corrected chi connectivity index (χ1v) is 8.08. The van der Waals surface area contributed by atoms with Crippen molar-refractivity contribution < 1.29 is 9.50 Å². The molecular formula is C17H17FN2OS. The van der Waals surface area contributed by atoms with Gasteiger partial charge in [0, 0.05) is 35.5 Å². The van der Waals surface area contributed by atoms with Crippen molar-refractivity contribution in [3.63, 3.8) is 0 Å². The minimum atomic E-state index is -0.396. The van der Waals surface area contributed by atoms with E-state index in [1.807, 2.05) is 22.9 Å². The van der Waals surface area contributed by atoms with Crippen LogP contribution in [0.1, 0.15) is 12.5 Å². The minimum absolute atomic E-state index is 0.281. The van der Waals surface area contributed by atoms with Crippen LogP contribution in [0.2, 0.25) is 0 Å². The van der Waals surface area contributed by atoms with Crippen molar-refractivity contribution in [1.29, 1.82) is 0 Å². The lowest BCUT2D eigenvalue weighted by Gasteiger charge is -2.12. The van der Waals surface area contributed by atoms with Crippen LogP contribution in [0.5, 0.6) is 0 Å². The van der Waals surface area contributed by atoms with Crippen molar-refractivity contribution >= 4 is 22.2 Å². The molecule has 0 amide bonds. The number of aromatic nitrogens is 1. The van der Waals surface area contributed by atoms with Gasteiger partial charge in [-0.3, -0.25) is 0 Å². The molecule has 1 aromatic carbocycles. The normalized spacial score (nSPS) is 12.7. The molecule has 5 heteroatoms. The Kier molecular flexibility index (Phi) is 4.47. The predicted molar refractivity (Wildman–Crippen MR) is 88.4 cm³/mol. The molecule has 0 aliphatic rings. The van der Waals surface area contributed by atoms with Gasteiger partial charge >= 0.3 is 0 Å². The number of rotatable bonds is 5. The third kappa shape index (κ3) is 3.32. The SMILES string of the molecule is CC(O)CNCc1cc2ccc(F)cc2nc1-c1ccsc1. The minimum Gasteiger partial charge on any atom is -0.392 e. The highest BCUT2D eigenvalue weighted by molar-refractivity contribution is 7.08. The van der Waals surface area contributed by atoms with Crippen molar-refractivity contribution in [2.24, 2.45) is 0 Å². The summed E-state index contributed by atoms with van der Waals surface area (Å²) in [6.07, 6.45) is -0.396. The van der Waals surface area contributed by atoms with Crippen molar-refractivity contribution in [3.8, 4) is 11.3 Å². The summed E-state index contributed by atoms with van der Waals surface area (Å²) in [7, 11) is 0. The molecule has 1 atom stereocenters. The Morgan fingerprint density at radius 2 is 2.18 bits per heavy atom. The molecule has 0 saturated heterocycles. The summed E-state index contributed by atoms with van der Waals surface area (Å²) in [5, 5.41) is 17.5. The molecule has 0 radical (unpaired) electrons. The van der Waals surface area contributed by atoms with Crippen LogP contribution in [0.3, 0.4) is 0 Å². The fourth-order valence-electron chi connectivity index (χ4n) is 2.38. The summed E-state index contributed by atoms with van der Waals surface area (Å²) >= 11 is 1.61. The van der Waals surface area contributed by atoms with E-state index < -0.39 is 6.10 Å². The van der Waals surface area contributed by atoms with Crippen LogP contribution in [-0.4, -0.2) is 22.7 Å². The molecule has 1 unspecified atom stereocenters. The molecule has 22 heavy (non-hydrogen) atoms. The third-order valence-electron chi connectivity index (χ3n) is 3.41. The molecule has 3 aromatic rings.